The highest BCUT2D eigenvalue weighted by Crippen LogP contribution is 2.30. The third-order valence-corrected chi connectivity index (χ3v) is 13.9. The van der Waals surface area contributed by atoms with Gasteiger partial charge in [-0.1, -0.05) is 74.2 Å². The van der Waals surface area contributed by atoms with E-state index in [1.165, 1.54) is 98.6 Å². The van der Waals surface area contributed by atoms with Crippen molar-refractivity contribution in [3.8, 4) is 11.5 Å². The molecule has 0 bridgehead atoms. The number of hydrogen-bond donors (Lipinski definition) is 9. The Morgan fingerprint density at radius 3 is 1.89 bits per heavy atom. The Balaban J connectivity index is 0.000000112. The highest BCUT2D eigenvalue weighted by Gasteiger charge is 2.12. The summed E-state index contributed by atoms with van der Waals surface area (Å²) >= 11 is 1.81. The normalized spacial score (nSPS) is 14.8. The average Bonchev–Trinajstić information content (AvgIpc) is 4.33. The molecule has 10 aromatic rings. The monoisotopic (exact) mass is 1010 g/mol. The van der Waals surface area contributed by atoms with E-state index in [-0.39, 0.29) is 7.43 Å². The van der Waals surface area contributed by atoms with Gasteiger partial charge < -0.3 is 50.7 Å². The second-order valence-corrected chi connectivity index (χ2v) is 18.9. The van der Waals surface area contributed by atoms with Crippen LogP contribution in [0.4, 0.5) is 0 Å². The molecule has 0 spiro atoms. The summed E-state index contributed by atoms with van der Waals surface area (Å²) in [6.45, 7) is 8.77. The van der Waals surface area contributed by atoms with Crippen molar-refractivity contribution in [1.82, 2.24) is 66.4 Å². The minimum Gasteiger partial charge on any atom is -0.454 e. The van der Waals surface area contributed by atoms with E-state index in [1.54, 1.807) is 12.7 Å². The first-order valence-corrected chi connectivity index (χ1v) is 26.3. The Hall–Kier alpha value is -7.34. The predicted octanol–water partition coefficient (Wildman–Crippen LogP) is 9.91. The number of fused-ring (bicyclic) bond motifs is 8. The van der Waals surface area contributed by atoms with Gasteiger partial charge in [0.15, 0.2) is 11.5 Å². The summed E-state index contributed by atoms with van der Waals surface area (Å²) < 4.78 is 10.2. The van der Waals surface area contributed by atoms with Gasteiger partial charge in [0, 0.05) is 80.6 Å². The Kier molecular flexibility index (Phi) is 20.6. The van der Waals surface area contributed by atoms with Gasteiger partial charge in [-0.3, -0.25) is 5.10 Å². The molecular formula is C58H71N13O2S. The molecule has 11 heterocycles. The van der Waals surface area contributed by atoms with Gasteiger partial charge in [-0.25, -0.2) is 15.0 Å². The first-order valence-electron chi connectivity index (χ1n) is 25.5. The first-order chi connectivity index (χ1) is 36.2. The lowest BCUT2D eigenvalue weighted by Crippen LogP contribution is -2.23. The lowest BCUT2D eigenvalue weighted by atomic mass is 10.0. The number of rotatable bonds is 0. The lowest BCUT2D eigenvalue weighted by molar-refractivity contribution is 0.174. The first kappa shape index (κ1) is 53.0. The van der Waals surface area contributed by atoms with E-state index in [2.05, 4.69) is 115 Å². The van der Waals surface area contributed by atoms with Crippen LogP contribution in [-0.2, 0) is 64.7 Å². The molecule has 74 heavy (non-hydrogen) atoms. The van der Waals surface area contributed by atoms with Gasteiger partial charge in [-0.15, -0.1) is 11.3 Å². The lowest BCUT2D eigenvalue weighted by Gasteiger charge is -2.15. The smallest absolute Gasteiger partial charge is 0.231 e. The molecule has 6 aliphatic rings. The molecule has 0 amide bonds. The predicted molar refractivity (Wildman–Crippen MR) is 298 cm³/mol. The van der Waals surface area contributed by atoms with Crippen LogP contribution in [0.1, 0.15) is 75.9 Å². The third kappa shape index (κ3) is 15.6. The number of hydrogen-bond acceptors (Lipinski definition) is 11. The molecule has 9 N–H and O–H groups in total. The fourth-order valence-corrected chi connectivity index (χ4v) is 9.83. The van der Waals surface area contributed by atoms with Crippen LogP contribution < -0.4 is 30.7 Å². The molecule has 1 aliphatic carbocycles. The Morgan fingerprint density at radius 1 is 0.459 bits per heavy atom. The fraction of sp³-hybridized carbons (Fsp3) is 0.310. The van der Waals surface area contributed by atoms with Gasteiger partial charge in [-0.05, 0) is 122 Å². The van der Waals surface area contributed by atoms with Crippen molar-refractivity contribution >= 4 is 33.3 Å². The maximum atomic E-state index is 5.08. The zero-order chi connectivity index (χ0) is 49.5. The van der Waals surface area contributed by atoms with E-state index in [0.29, 0.717) is 6.79 Å². The highest BCUT2D eigenvalue weighted by atomic mass is 32.1. The van der Waals surface area contributed by atoms with E-state index in [0.717, 1.165) is 94.2 Å². The van der Waals surface area contributed by atoms with Gasteiger partial charge >= 0.3 is 0 Å². The molecule has 0 saturated carbocycles. The number of aromatic nitrogens is 9. The molecule has 6 aromatic heterocycles. The van der Waals surface area contributed by atoms with E-state index in [4.69, 9.17) is 9.47 Å². The van der Waals surface area contributed by atoms with Gasteiger partial charge in [-0.2, -0.15) is 5.10 Å². The van der Waals surface area contributed by atoms with Crippen molar-refractivity contribution in [2.75, 3.05) is 33.0 Å². The van der Waals surface area contributed by atoms with Crippen LogP contribution in [0.15, 0.2) is 146 Å². The molecule has 4 aromatic carbocycles. The second-order valence-electron chi connectivity index (χ2n) is 17.9. The fourth-order valence-electron chi connectivity index (χ4n) is 8.97. The van der Waals surface area contributed by atoms with Crippen LogP contribution in [0, 0.1) is 0 Å². The SMILES string of the molecule is C.c1cc2c([nH]1)CCNC2.c1ccc2[nH]ccc2c1.c1ccc2[nH]cnc2c1.c1ccc2c(c1)CCNC2.c1ccc2c(c1)OCO2.c1n[nH]c2c1CCNC2.c1nc2c([nH]1)CNCC2.c1nc2c(s1)CCCC2. The topological polar surface area (TPSA) is 197 Å². The highest BCUT2D eigenvalue weighted by molar-refractivity contribution is 7.09. The molecule has 0 radical (unpaired) electrons. The van der Waals surface area contributed by atoms with Crippen molar-refractivity contribution < 1.29 is 9.47 Å². The Bertz CT molecular complexity index is 2700. The van der Waals surface area contributed by atoms with Crippen molar-refractivity contribution in [2.24, 2.45) is 0 Å². The molecule has 0 saturated heterocycles. The molecule has 0 unspecified atom stereocenters. The van der Waals surface area contributed by atoms with Crippen LogP contribution in [-0.4, -0.2) is 78.1 Å². The number of H-pyrrole nitrogens is 5. The number of nitrogens with zero attached hydrogens (tertiary/aromatic N) is 4. The summed E-state index contributed by atoms with van der Waals surface area (Å²) in [7, 11) is 0. The zero-order valence-corrected chi connectivity index (χ0v) is 42.2. The molecule has 16 heteroatoms. The molecule has 0 fully saturated rings. The van der Waals surface area contributed by atoms with Gasteiger partial charge in [0.1, 0.15) is 0 Å². The third-order valence-electron chi connectivity index (χ3n) is 13.0. The van der Waals surface area contributed by atoms with Crippen molar-refractivity contribution in [3.05, 3.63) is 202 Å². The van der Waals surface area contributed by atoms with Crippen molar-refractivity contribution in [2.45, 2.75) is 85.0 Å². The molecule has 5 aliphatic heterocycles. The van der Waals surface area contributed by atoms with E-state index >= 15 is 0 Å². The number of benzene rings is 4. The van der Waals surface area contributed by atoms with Gasteiger partial charge in [0.25, 0.3) is 0 Å². The Morgan fingerprint density at radius 2 is 1.12 bits per heavy atom. The number of thiazole rings is 1. The second kappa shape index (κ2) is 28.8. The van der Waals surface area contributed by atoms with Crippen LogP contribution in [0.25, 0.3) is 21.9 Å². The minimum atomic E-state index is 0. The van der Waals surface area contributed by atoms with Gasteiger partial charge in [0.2, 0.25) is 6.79 Å². The van der Waals surface area contributed by atoms with Crippen LogP contribution in [0.3, 0.4) is 0 Å². The zero-order valence-electron chi connectivity index (χ0n) is 41.4. The standard InChI is InChI=1S/C9H11N.C8H7N.C7H10N2.C7H6N2.C7H9NS.C7H6O2.2C6H9N3.CH4/c1-2-4-9-7-10-6-5-8(9)3-1;1-2-4-8-7(3-1)5-6-9-8;1-4-9-7-2-3-8-5-6(1)7;3*1-2-4-7-6(3-1)8-5-9-7;1-2-7-3-6-5(1)8-4-9-6;1-2-7-4-6-5(1)3-8-9-6;/h1-4,10H,5-7H2;1-6,9H;1,4,8-9H,2-3,5H2;1-5H,(H,8,9);5H,1-4H2;1-4H,5H2;4,7H,1-3H2,(H,8,9);3,7H,1-2,4H2,(H,8,9);1H4. The maximum Gasteiger partial charge on any atom is 0.231 e. The molecule has 15 nitrogen and oxygen atoms in total. The van der Waals surface area contributed by atoms with Gasteiger partial charge in [0.05, 0.1) is 58.2 Å². The summed E-state index contributed by atoms with van der Waals surface area (Å²) in [5, 5.41) is 21.3. The molecule has 16 rings (SSSR count). The van der Waals surface area contributed by atoms with E-state index in [9.17, 15) is 0 Å². The quantitative estimate of drug-likeness (QED) is 0.0705. The summed E-state index contributed by atoms with van der Waals surface area (Å²) in [5.41, 5.74) is 17.6. The van der Waals surface area contributed by atoms with Crippen LogP contribution >= 0.6 is 11.3 Å². The Labute approximate surface area is 438 Å². The summed E-state index contributed by atoms with van der Waals surface area (Å²) in [5.74, 6) is 1.69. The maximum absolute atomic E-state index is 5.08. The summed E-state index contributed by atoms with van der Waals surface area (Å²) in [6.07, 6.45) is 19.1. The number of ether oxygens (including phenoxy) is 2. The summed E-state index contributed by atoms with van der Waals surface area (Å²) in [4.78, 5) is 26.5. The number of aryl methyl sites for hydroxylation is 2. The van der Waals surface area contributed by atoms with E-state index in [1.807, 2.05) is 96.1 Å². The van der Waals surface area contributed by atoms with Crippen molar-refractivity contribution in [3.63, 3.8) is 0 Å². The molecule has 386 valence electrons. The van der Waals surface area contributed by atoms with E-state index < -0.39 is 0 Å². The molecular weight excluding hydrogens is 943 g/mol. The summed E-state index contributed by atoms with van der Waals surface area (Å²) in [6, 6.07) is 36.6. The number of nitrogens with one attached hydrogen (secondary N) is 9. The van der Waals surface area contributed by atoms with Crippen LogP contribution in [0.5, 0.6) is 11.5 Å². The number of para-hydroxylation sites is 5. The molecule has 0 atom stereocenters. The number of aromatic amines is 5. The largest absolute Gasteiger partial charge is 0.454 e. The van der Waals surface area contributed by atoms with Crippen LogP contribution in [0.2, 0.25) is 0 Å². The minimum absolute atomic E-state index is 0. The number of imidazole rings is 2. The van der Waals surface area contributed by atoms with Crippen molar-refractivity contribution in [1.29, 1.82) is 0 Å². The average molecular weight is 1010 g/mol.